The fraction of sp³-hybridized carbons (Fsp3) is 0.400. The number of aromatic nitrogens is 1. The number of nitrogens with zero attached hydrogens (tertiary/aromatic N) is 1. The normalized spacial score (nSPS) is 13.2. The van der Waals surface area contributed by atoms with Crippen molar-refractivity contribution in [1.82, 2.24) is 4.98 Å². The number of aliphatic hydroxyl groups excluding tert-OH is 1. The molecule has 1 aromatic heterocycles. The van der Waals surface area contributed by atoms with Crippen molar-refractivity contribution in [3.05, 3.63) is 41.6 Å². The average Bonchev–Trinajstić information content (AvgIpc) is 2.26. The summed E-state index contributed by atoms with van der Waals surface area (Å²) in [4.78, 5) is 4.49. The molecule has 1 unspecified atom stereocenters. The molecule has 0 fully saturated rings. The molecule has 1 aromatic carbocycles. The smallest absolute Gasteiger partial charge is 0.0799 e. The van der Waals surface area contributed by atoms with Crippen LogP contribution in [0, 0.1) is 12.8 Å². The summed E-state index contributed by atoms with van der Waals surface area (Å²) < 4.78 is 0. The van der Waals surface area contributed by atoms with Crippen molar-refractivity contribution in [2.24, 2.45) is 5.92 Å². The molecule has 0 aliphatic carbocycles. The predicted octanol–water partition coefficient (Wildman–Crippen LogP) is 3.62. The lowest BCUT2D eigenvalue weighted by atomic mass is 9.96. The maximum atomic E-state index is 10.3. The maximum absolute atomic E-state index is 10.3. The third kappa shape index (κ3) is 2.64. The molecule has 0 bridgehead atoms. The van der Waals surface area contributed by atoms with E-state index in [1.54, 1.807) is 0 Å². The van der Waals surface area contributed by atoms with Crippen molar-refractivity contribution in [2.45, 2.75) is 33.3 Å². The van der Waals surface area contributed by atoms with Crippen LogP contribution in [-0.2, 0) is 0 Å². The summed E-state index contributed by atoms with van der Waals surface area (Å²) in [5.74, 6) is 0.484. The first-order chi connectivity index (χ1) is 8.08. The van der Waals surface area contributed by atoms with Crippen molar-refractivity contribution in [3.8, 4) is 0 Å². The predicted molar refractivity (Wildman–Crippen MR) is 70.9 cm³/mol. The van der Waals surface area contributed by atoms with Gasteiger partial charge in [-0.3, -0.25) is 4.98 Å². The van der Waals surface area contributed by atoms with E-state index in [2.05, 4.69) is 18.8 Å². The first-order valence-corrected chi connectivity index (χ1v) is 6.12. The summed E-state index contributed by atoms with van der Waals surface area (Å²) in [7, 11) is 0. The summed E-state index contributed by atoms with van der Waals surface area (Å²) in [6.07, 6.45) is 0.384. The number of aryl methyl sites for hydroxylation is 1. The van der Waals surface area contributed by atoms with E-state index in [0.29, 0.717) is 5.92 Å². The van der Waals surface area contributed by atoms with Gasteiger partial charge in [-0.1, -0.05) is 32.0 Å². The minimum Gasteiger partial charge on any atom is -0.388 e. The molecule has 0 amide bonds. The first kappa shape index (κ1) is 12.1. The van der Waals surface area contributed by atoms with Crippen LogP contribution in [0.3, 0.4) is 0 Å². The first-order valence-electron chi connectivity index (χ1n) is 6.12. The van der Waals surface area contributed by atoms with Crippen molar-refractivity contribution in [3.63, 3.8) is 0 Å². The average molecular weight is 229 g/mol. The quantitative estimate of drug-likeness (QED) is 0.872. The zero-order chi connectivity index (χ0) is 12.4. The molecule has 2 heteroatoms. The molecule has 2 aromatic rings. The fourth-order valence-electron chi connectivity index (χ4n) is 2.19. The number of hydrogen-bond donors (Lipinski definition) is 1. The van der Waals surface area contributed by atoms with E-state index >= 15 is 0 Å². The molecule has 0 aliphatic heterocycles. The van der Waals surface area contributed by atoms with Gasteiger partial charge in [-0.05, 0) is 37.0 Å². The lowest BCUT2D eigenvalue weighted by Crippen LogP contribution is -2.04. The van der Waals surface area contributed by atoms with Crippen molar-refractivity contribution < 1.29 is 5.11 Å². The van der Waals surface area contributed by atoms with Crippen LogP contribution in [0.5, 0.6) is 0 Å². The highest BCUT2D eigenvalue weighted by atomic mass is 16.3. The molecule has 1 atom stereocenters. The largest absolute Gasteiger partial charge is 0.388 e. The molecule has 2 nitrogen and oxygen atoms in total. The molecule has 2 rings (SSSR count). The molecule has 1 heterocycles. The van der Waals surface area contributed by atoms with Gasteiger partial charge in [0.1, 0.15) is 0 Å². The highest BCUT2D eigenvalue weighted by Crippen LogP contribution is 2.28. The lowest BCUT2D eigenvalue weighted by molar-refractivity contribution is 0.152. The van der Waals surface area contributed by atoms with Crippen molar-refractivity contribution >= 4 is 10.9 Å². The number of pyridine rings is 1. The third-order valence-corrected chi connectivity index (χ3v) is 2.93. The van der Waals surface area contributed by atoms with Gasteiger partial charge in [-0.2, -0.15) is 0 Å². The van der Waals surface area contributed by atoms with Crippen molar-refractivity contribution in [2.75, 3.05) is 0 Å². The van der Waals surface area contributed by atoms with Gasteiger partial charge in [-0.15, -0.1) is 0 Å². The van der Waals surface area contributed by atoms with Crippen molar-refractivity contribution in [1.29, 1.82) is 0 Å². The number of aliphatic hydroxyl groups is 1. The zero-order valence-corrected chi connectivity index (χ0v) is 10.6. The Hall–Kier alpha value is -1.41. The van der Waals surface area contributed by atoms with Crippen LogP contribution < -0.4 is 0 Å². The molecule has 90 valence electrons. The number of rotatable bonds is 3. The van der Waals surface area contributed by atoms with Gasteiger partial charge < -0.3 is 5.11 Å². The van der Waals surface area contributed by atoms with E-state index in [1.165, 1.54) is 0 Å². The van der Waals surface area contributed by atoms with E-state index in [4.69, 9.17) is 0 Å². The van der Waals surface area contributed by atoms with E-state index in [0.717, 1.165) is 28.6 Å². The topological polar surface area (TPSA) is 33.1 Å². The molecular formula is C15H19NO. The van der Waals surface area contributed by atoms with E-state index in [9.17, 15) is 5.11 Å². The second-order valence-electron chi connectivity index (χ2n) is 5.02. The summed E-state index contributed by atoms with van der Waals surface area (Å²) in [5, 5.41) is 11.3. The Bertz CT molecular complexity index is 519. The van der Waals surface area contributed by atoms with Crippen LogP contribution in [0.2, 0.25) is 0 Å². The second kappa shape index (κ2) is 4.84. The van der Waals surface area contributed by atoms with Gasteiger partial charge in [0.25, 0.3) is 0 Å². The van der Waals surface area contributed by atoms with Crippen LogP contribution in [0.4, 0.5) is 0 Å². The summed E-state index contributed by atoms with van der Waals surface area (Å²) >= 11 is 0. The Kier molecular flexibility index (Phi) is 3.43. The van der Waals surface area contributed by atoms with E-state index < -0.39 is 6.10 Å². The Morgan fingerprint density at radius 3 is 2.65 bits per heavy atom. The number of benzene rings is 1. The van der Waals surface area contributed by atoms with Gasteiger partial charge in [0, 0.05) is 11.1 Å². The lowest BCUT2D eigenvalue weighted by Gasteiger charge is -2.16. The SMILES string of the molecule is Cc1cc(C(O)CC(C)C)c2ccccc2n1. The van der Waals surface area contributed by atoms with Gasteiger partial charge in [-0.25, -0.2) is 0 Å². The Morgan fingerprint density at radius 2 is 1.94 bits per heavy atom. The van der Waals surface area contributed by atoms with Crippen LogP contribution in [0.15, 0.2) is 30.3 Å². The van der Waals surface area contributed by atoms with E-state index in [-0.39, 0.29) is 0 Å². The molecule has 0 radical (unpaired) electrons. The third-order valence-electron chi connectivity index (χ3n) is 2.93. The zero-order valence-electron chi connectivity index (χ0n) is 10.6. The Labute approximate surface area is 102 Å². The molecular weight excluding hydrogens is 210 g/mol. The van der Waals surface area contributed by atoms with Gasteiger partial charge in [0.05, 0.1) is 11.6 Å². The minimum absolute atomic E-state index is 0.401. The number of fused-ring (bicyclic) bond motifs is 1. The van der Waals surface area contributed by atoms with Gasteiger partial charge >= 0.3 is 0 Å². The van der Waals surface area contributed by atoms with E-state index in [1.807, 2.05) is 37.3 Å². The molecule has 1 N–H and O–H groups in total. The van der Waals surface area contributed by atoms with Crippen LogP contribution in [0.25, 0.3) is 10.9 Å². The molecule has 0 saturated carbocycles. The number of para-hydroxylation sites is 1. The molecule has 17 heavy (non-hydrogen) atoms. The summed E-state index contributed by atoms with van der Waals surface area (Å²) in [5.41, 5.74) is 2.92. The molecule has 0 saturated heterocycles. The number of hydrogen-bond acceptors (Lipinski definition) is 2. The maximum Gasteiger partial charge on any atom is 0.0799 e. The van der Waals surface area contributed by atoms with Gasteiger partial charge in [0.15, 0.2) is 0 Å². The van der Waals surface area contributed by atoms with Crippen LogP contribution in [-0.4, -0.2) is 10.1 Å². The summed E-state index contributed by atoms with van der Waals surface area (Å²) in [6.45, 7) is 6.22. The standard InChI is InChI=1S/C15H19NO/c1-10(2)8-15(17)13-9-11(3)16-14-7-5-4-6-12(13)14/h4-7,9-10,15,17H,8H2,1-3H3. The molecule has 0 spiro atoms. The highest BCUT2D eigenvalue weighted by molar-refractivity contribution is 5.82. The highest BCUT2D eigenvalue weighted by Gasteiger charge is 2.13. The minimum atomic E-state index is -0.401. The monoisotopic (exact) mass is 229 g/mol. The van der Waals surface area contributed by atoms with Gasteiger partial charge in [0.2, 0.25) is 0 Å². The molecule has 0 aliphatic rings. The summed E-state index contributed by atoms with van der Waals surface area (Å²) in [6, 6.07) is 9.99. The second-order valence-corrected chi connectivity index (χ2v) is 5.02. The Balaban J connectivity index is 2.51. The van der Waals surface area contributed by atoms with Crippen LogP contribution in [0.1, 0.15) is 37.6 Å². The fourth-order valence-corrected chi connectivity index (χ4v) is 2.19. The van der Waals surface area contributed by atoms with Crippen LogP contribution >= 0.6 is 0 Å². The Morgan fingerprint density at radius 1 is 1.24 bits per heavy atom.